The molecule has 1 aliphatic rings. The number of nitrogens with zero attached hydrogens (tertiary/aromatic N) is 2. The van der Waals surface area contributed by atoms with Gasteiger partial charge in [0.25, 0.3) is 0 Å². The van der Waals surface area contributed by atoms with Gasteiger partial charge in [-0.3, -0.25) is 4.39 Å². The Morgan fingerprint density at radius 1 is 1.22 bits per heavy atom. The van der Waals surface area contributed by atoms with Crippen molar-refractivity contribution in [1.82, 2.24) is 4.98 Å². The molecule has 6 heteroatoms. The van der Waals surface area contributed by atoms with E-state index in [0.717, 1.165) is 25.1 Å². The van der Waals surface area contributed by atoms with Crippen LogP contribution in [0.5, 0.6) is 0 Å². The second-order valence-corrected chi connectivity index (χ2v) is 4.49. The van der Waals surface area contributed by atoms with Crippen molar-refractivity contribution in [2.45, 2.75) is 19.0 Å². The van der Waals surface area contributed by atoms with Gasteiger partial charge in [0.2, 0.25) is 0 Å². The highest BCUT2D eigenvalue weighted by Gasteiger charge is 2.31. The first-order valence-corrected chi connectivity index (χ1v) is 5.85. The molecule has 1 saturated heterocycles. The number of pyridine rings is 1. The van der Waals surface area contributed by atoms with Crippen LogP contribution in [-0.2, 0) is 6.18 Å². The van der Waals surface area contributed by atoms with Gasteiger partial charge in [-0.2, -0.15) is 13.2 Å². The summed E-state index contributed by atoms with van der Waals surface area (Å²) >= 11 is 0. The number of alkyl halides is 4. The maximum Gasteiger partial charge on any atom is 0.417 e. The van der Waals surface area contributed by atoms with Crippen molar-refractivity contribution in [3.63, 3.8) is 0 Å². The molecule has 2 heterocycles. The number of halogens is 4. The molecule has 0 aromatic carbocycles. The number of rotatable bonds is 2. The summed E-state index contributed by atoms with van der Waals surface area (Å²) in [5.41, 5.74) is -0.745. The van der Waals surface area contributed by atoms with Gasteiger partial charge in [0.1, 0.15) is 5.82 Å². The molecular weight excluding hydrogens is 248 g/mol. The molecule has 0 radical (unpaired) electrons. The van der Waals surface area contributed by atoms with Crippen LogP contribution in [-0.4, -0.2) is 24.7 Å². The summed E-state index contributed by atoms with van der Waals surface area (Å²) < 4.78 is 49.5. The molecule has 0 unspecified atom stereocenters. The average Bonchev–Trinajstić information content (AvgIpc) is 2.38. The minimum absolute atomic E-state index is 0.0794. The summed E-state index contributed by atoms with van der Waals surface area (Å²) in [5.74, 6) is 0.607. The molecule has 2 rings (SSSR count). The Hall–Kier alpha value is -1.33. The van der Waals surface area contributed by atoms with Crippen molar-refractivity contribution in [2.24, 2.45) is 5.92 Å². The molecule has 2 nitrogen and oxygen atoms in total. The summed E-state index contributed by atoms with van der Waals surface area (Å²) in [5, 5.41) is 0. The summed E-state index contributed by atoms with van der Waals surface area (Å²) in [6.45, 7) is 0.966. The van der Waals surface area contributed by atoms with E-state index in [0.29, 0.717) is 18.9 Å². The Bertz CT molecular complexity index is 380. The fourth-order valence-corrected chi connectivity index (χ4v) is 2.06. The topological polar surface area (TPSA) is 16.1 Å². The van der Waals surface area contributed by atoms with Crippen LogP contribution in [0, 0.1) is 5.92 Å². The molecule has 0 aliphatic carbocycles. The largest absolute Gasteiger partial charge is 0.417 e. The lowest BCUT2D eigenvalue weighted by Crippen LogP contribution is -2.34. The van der Waals surface area contributed by atoms with Crippen LogP contribution in [0.3, 0.4) is 0 Å². The second kappa shape index (κ2) is 5.12. The molecule has 0 spiro atoms. The van der Waals surface area contributed by atoms with Crippen molar-refractivity contribution in [3.05, 3.63) is 23.9 Å². The van der Waals surface area contributed by atoms with Crippen molar-refractivity contribution in [3.8, 4) is 0 Å². The maximum atomic E-state index is 12.4. The van der Waals surface area contributed by atoms with E-state index in [9.17, 15) is 17.6 Å². The lowest BCUT2D eigenvalue weighted by Gasteiger charge is -2.31. The van der Waals surface area contributed by atoms with E-state index < -0.39 is 11.7 Å². The van der Waals surface area contributed by atoms with Crippen molar-refractivity contribution in [2.75, 3.05) is 24.7 Å². The number of hydrogen-bond acceptors (Lipinski definition) is 2. The summed E-state index contributed by atoms with van der Waals surface area (Å²) in [6, 6.07) is 2.40. The smallest absolute Gasteiger partial charge is 0.357 e. The molecule has 100 valence electrons. The highest BCUT2D eigenvalue weighted by Crippen LogP contribution is 2.30. The lowest BCUT2D eigenvalue weighted by molar-refractivity contribution is -0.137. The van der Waals surface area contributed by atoms with Crippen molar-refractivity contribution >= 4 is 5.82 Å². The van der Waals surface area contributed by atoms with E-state index in [4.69, 9.17) is 0 Å². The molecule has 1 aromatic heterocycles. The molecule has 0 N–H and O–H groups in total. The van der Waals surface area contributed by atoms with Gasteiger partial charge in [0.05, 0.1) is 12.2 Å². The van der Waals surface area contributed by atoms with Gasteiger partial charge >= 0.3 is 6.18 Å². The molecule has 1 aromatic rings. The van der Waals surface area contributed by atoms with Gasteiger partial charge in [0, 0.05) is 19.3 Å². The zero-order valence-electron chi connectivity index (χ0n) is 9.75. The Labute approximate surface area is 103 Å². The maximum absolute atomic E-state index is 12.4. The van der Waals surface area contributed by atoms with E-state index in [2.05, 4.69) is 4.98 Å². The standard InChI is InChI=1S/C12H14F4N2/c13-7-9-3-5-18(6-4-9)11-2-1-10(8-17-11)12(14,15)16/h1-2,8-9H,3-7H2. The van der Waals surface area contributed by atoms with Gasteiger partial charge in [-0.05, 0) is 30.9 Å². The molecule has 0 amide bonds. The third kappa shape index (κ3) is 2.91. The van der Waals surface area contributed by atoms with Gasteiger partial charge < -0.3 is 4.90 Å². The third-order valence-electron chi connectivity index (χ3n) is 3.23. The van der Waals surface area contributed by atoms with Crippen LogP contribution in [0.1, 0.15) is 18.4 Å². The Balaban J connectivity index is 2.02. The predicted molar refractivity (Wildman–Crippen MR) is 60.2 cm³/mol. The highest BCUT2D eigenvalue weighted by atomic mass is 19.4. The van der Waals surface area contributed by atoms with Gasteiger partial charge in [-0.25, -0.2) is 4.98 Å². The van der Waals surface area contributed by atoms with Crippen LogP contribution < -0.4 is 4.90 Å². The summed E-state index contributed by atoms with van der Waals surface area (Å²) in [7, 11) is 0. The van der Waals surface area contributed by atoms with E-state index in [1.54, 1.807) is 0 Å². The zero-order chi connectivity index (χ0) is 13.2. The van der Waals surface area contributed by atoms with Gasteiger partial charge in [-0.1, -0.05) is 0 Å². The first kappa shape index (κ1) is 13.1. The summed E-state index contributed by atoms with van der Waals surface area (Å²) in [6.07, 6.45) is -2.07. The Kier molecular flexibility index (Phi) is 3.73. The lowest BCUT2D eigenvalue weighted by atomic mass is 9.98. The zero-order valence-corrected chi connectivity index (χ0v) is 9.75. The molecule has 1 fully saturated rings. The SMILES string of the molecule is FCC1CCN(c2ccc(C(F)(F)F)cn2)CC1. The fraction of sp³-hybridized carbons (Fsp3) is 0.583. The first-order valence-electron chi connectivity index (χ1n) is 5.85. The number of aromatic nitrogens is 1. The Morgan fingerprint density at radius 2 is 1.89 bits per heavy atom. The van der Waals surface area contributed by atoms with Crippen LogP contribution in [0.2, 0.25) is 0 Å². The van der Waals surface area contributed by atoms with Crippen LogP contribution in [0.15, 0.2) is 18.3 Å². The number of hydrogen-bond donors (Lipinski definition) is 0. The predicted octanol–water partition coefficient (Wildman–Crippen LogP) is 3.29. The van der Waals surface area contributed by atoms with Crippen LogP contribution in [0.25, 0.3) is 0 Å². The van der Waals surface area contributed by atoms with E-state index in [1.807, 2.05) is 4.90 Å². The van der Waals surface area contributed by atoms with Gasteiger partial charge in [0.15, 0.2) is 0 Å². The number of anilines is 1. The minimum atomic E-state index is -4.35. The van der Waals surface area contributed by atoms with E-state index >= 15 is 0 Å². The molecule has 0 bridgehead atoms. The minimum Gasteiger partial charge on any atom is -0.357 e. The van der Waals surface area contributed by atoms with Gasteiger partial charge in [-0.15, -0.1) is 0 Å². The quantitative estimate of drug-likeness (QED) is 0.760. The van der Waals surface area contributed by atoms with E-state index in [1.165, 1.54) is 6.07 Å². The highest BCUT2D eigenvalue weighted by molar-refractivity contribution is 5.40. The molecule has 0 saturated carbocycles. The van der Waals surface area contributed by atoms with E-state index in [-0.39, 0.29) is 12.6 Å². The molecule has 1 aliphatic heterocycles. The van der Waals surface area contributed by atoms with Crippen molar-refractivity contribution in [1.29, 1.82) is 0 Å². The number of piperidine rings is 1. The van der Waals surface area contributed by atoms with Crippen LogP contribution >= 0.6 is 0 Å². The summed E-state index contributed by atoms with van der Waals surface area (Å²) in [4.78, 5) is 5.73. The molecular formula is C12H14F4N2. The fourth-order valence-electron chi connectivity index (χ4n) is 2.06. The monoisotopic (exact) mass is 262 g/mol. The van der Waals surface area contributed by atoms with Crippen LogP contribution in [0.4, 0.5) is 23.4 Å². The normalized spacial score (nSPS) is 18.1. The van der Waals surface area contributed by atoms with Crippen molar-refractivity contribution < 1.29 is 17.6 Å². The molecule has 18 heavy (non-hydrogen) atoms. The third-order valence-corrected chi connectivity index (χ3v) is 3.23. The first-order chi connectivity index (χ1) is 8.50. The average molecular weight is 262 g/mol. The molecule has 0 atom stereocenters. The Morgan fingerprint density at radius 3 is 2.33 bits per heavy atom. The second-order valence-electron chi connectivity index (χ2n) is 4.49.